The lowest BCUT2D eigenvalue weighted by Crippen LogP contribution is -2.14. The minimum Gasteiger partial charge on any atom is -0.152 e. The molecular formula is C16H28S. The van der Waals surface area contributed by atoms with Gasteiger partial charge in [-0.1, -0.05) is 59.3 Å². The second kappa shape index (κ2) is 6.13. The SMILES string of the molecule is CC(C)CC1=C(CSC(C)(C)C)C(C)CC=C1. The Hall–Kier alpha value is -0.170. The zero-order chi connectivity index (χ0) is 13.1. The van der Waals surface area contributed by atoms with Gasteiger partial charge in [-0.05, 0) is 30.3 Å². The summed E-state index contributed by atoms with van der Waals surface area (Å²) in [7, 11) is 0. The molecule has 0 aromatic carbocycles. The molecule has 0 heterocycles. The molecule has 0 spiro atoms. The van der Waals surface area contributed by atoms with Crippen molar-refractivity contribution in [3.05, 3.63) is 23.3 Å². The van der Waals surface area contributed by atoms with Crippen molar-refractivity contribution in [1.29, 1.82) is 0 Å². The van der Waals surface area contributed by atoms with Gasteiger partial charge < -0.3 is 0 Å². The van der Waals surface area contributed by atoms with E-state index in [0.717, 1.165) is 11.8 Å². The van der Waals surface area contributed by atoms with Crippen molar-refractivity contribution in [1.82, 2.24) is 0 Å². The molecule has 17 heavy (non-hydrogen) atoms. The van der Waals surface area contributed by atoms with E-state index in [4.69, 9.17) is 0 Å². The van der Waals surface area contributed by atoms with Crippen LogP contribution in [-0.4, -0.2) is 10.5 Å². The maximum atomic E-state index is 2.38. The topological polar surface area (TPSA) is 0 Å². The lowest BCUT2D eigenvalue weighted by atomic mass is 9.86. The number of hydrogen-bond donors (Lipinski definition) is 0. The summed E-state index contributed by atoms with van der Waals surface area (Å²) in [6.45, 7) is 13.9. The van der Waals surface area contributed by atoms with E-state index in [1.165, 1.54) is 18.6 Å². The number of hydrogen-bond acceptors (Lipinski definition) is 1. The first-order valence-corrected chi connectivity index (χ1v) is 7.80. The quantitative estimate of drug-likeness (QED) is 0.640. The van der Waals surface area contributed by atoms with E-state index in [-0.39, 0.29) is 0 Å². The third kappa shape index (κ3) is 5.33. The third-order valence-corrected chi connectivity index (χ3v) is 4.43. The Morgan fingerprint density at radius 2 is 2.00 bits per heavy atom. The average Bonchev–Trinajstić information content (AvgIpc) is 2.14. The van der Waals surface area contributed by atoms with Gasteiger partial charge in [0.1, 0.15) is 0 Å². The third-order valence-electron chi connectivity index (χ3n) is 3.10. The molecule has 0 bridgehead atoms. The molecule has 0 saturated heterocycles. The molecular weight excluding hydrogens is 224 g/mol. The Kier molecular flexibility index (Phi) is 5.37. The van der Waals surface area contributed by atoms with Crippen LogP contribution in [0, 0.1) is 11.8 Å². The fraction of sp³-hybridized carbons (Fsp3) is 0.750. The van der Waals surface area contributed by atoms with Crippen molar-refractivity contribution < 1.29 is 0 Å². The van der Waals surface area contributed by atoms with Crippen LogP contribution in [0.5, 0.6) is 0 Å². The smallest absolute Gasteiger partial charge is 0.0157 e. The minimum absolute atomic E-state index is 0.372. The second-order valence-corrected chi connectivity index (χ2v) is 8.39. The van der Waals surface area contributed by atoms with E-state index in [0.29, 0.717) is 4.75 Å². The Morgan fingerprint density at radius 3 is 2.53 bits per heavy atom. The van der Waals surface area contributed by atoms with E-state index < -0.39 is 0 Å². The first-order valence-electron chi connectivity index (χ1n) is 6.82. The van der Waals surface area contributed by atoms with Crippen molar-refractivity contribution in [3.63, 3.8) is 0 Å². The van der Waals surface area contributed by atoms with E-state index in [1.54, 1.807) is 11.1 Å². The molecule has 0 aliphatic heterocycles. The van der Waals surface area contributed by atoms with Crippen LogP contribution in [0.25, 0.3) is 0 Å². The predicted octanol–water partition coefficient (Wildman–Crippen LogP) is 5.46. The summed E-state index contributed by atoms with van der Waals surface area (Å²) in [5, 5.41) is 0. The summed E-state index contributed by atoms with van der Waals surface area (Å²) in [6, 6.07) is 0. The summed E-state index contributed by atoms with van der Waals surface area (Å²) in [5.74, 6) is 2.70. The zero-order valence-electron chi connectivity index (χ0n) is 12.3. The van der Waals surface area contributed by atoms with Crippen LogP contribution in [0.15, 0.2) is 23.3 Å². The van der Waals surface area contributed by atoms with Gasteiger partial charge >= 0.3 is 0 Å². The van der Waals surface area contributed by atoms with Gasteiger partial charge in [-0.25, -0.2) is 0 Å². The lowest BCUT2D eigenvalue weighted by molar-refractivity contribution is 0.614. The molecule has 0 N–H and O–H groups in total. The molecule has 1 atom stereocenters. The van der Waals surface area contributed by atoms with Crippen molar-refractivity contribution in [3.8, 4) is 0 Å². The van der Waals surface area contributed by atoms with Crippen LogP contribution in [-0.2, 0) is 0 Å². The van der Waals surface area contributed by atoms with Crippen LogP contribution < -0.4 is 0 Å². The molecule has 1 aliphatic rings. The number of thioether (sulfide) groups is 1. The molecule has 0 saturated carbocycles. The van der Waals surface area contributed by atoms with Crippen molar-refractivity contribution in [2.45, 2.75) is 59.1 Å². The minimum atomic E-state index is 0.372. The Morgan fingerprint density at radius 1 is 1.35 bits per heavy atom. The van der Waals surface area contributed by atoms with Gasteiger partial charge in [0.2, 0.25) is 0 Å². The zero-order valence-corrected chi connectivity index (χ0v) is 13.2. The average molecular weight is 252 g/mol. The molecule has 1 rings (SSSR count). The molecule has 0 fully saturated rings. The largest absolute Gasteiger partial charge is 0.152 e. The molecule has 0 radical (unpaired) electrons. The standard InChI is InChI=1S/C16H28S/c1-12(2)10-14-9-7-8-13(3)15(14)11-17-16(4,5)6/h7,9,12-13H,8,10-11H2,1-6H3. The van der Waals surface area contributed by atoms with Crippen LogP contribution >= 0.6 is 11.8 Å². The maximum Gasteiger partial charge on any atom is 0.0157 e. The van der Waals surface area contributed by atoms with Crippen molar-refractivity contribution >= 4 is 11.8 Å². The monoisotopic (exact) mass is 252 g/mol. The Labute approximate surface area is 112 Å². The van der Waals surface area contributed by atoms with Gasteiger partial charge in [0.15, 0.2) is 0 Å². The first kappa shape index (κ1) is 14.9. The fourth-order valence-corrected chi connectivity index (χ4v) is 3.21. The van der Waals surface area contributed by atoms with E-state index in [1.807, 2.05) is 0 Å². The highest BCUT2D eigenvalue weighted by Crippen LogP contribution is 2.34. The molecule has 0 nitrogen and oxygen atoms in total. The molecule has 1 aliphatic carbocycles. The molecule has 0 aromatic rings. The molecule has 98 valence electrons. The predicted molar refractivity (Wildman–Crippen MR) is 81.6 cm³/mol. The van der Waals surface area contributed by atoms with Gasteiger partial charge in [-0.3, -0.25) is 0 Å². The van der Waals surface area contributed by atoms with Crippen molar-refractivity contribution in [2.24, 2.45) is 11.8 Å². The number of allylic oxidation sites excluding steroid dienone is 3. The van der Waals surface area contributed by atoms with Crippen LogP contribution in [0.3, 0.4) is 0 Å². The van der Waals surface area contributed by atoms with Gasteiger partial charge in [0.25, 0.3) is 0 Å². The summed E-state index contributed by atoms with van der Waals surface area (Å²) >= 11 is 2.08. The van der Waals surface area contributed by atoms with E-state index >= 15 is 0 Å². The summed E-state index contributed by atoms with van der Waals surface area (Å²) in [4.78, 5) is 0. The summed E-state index contributed by atoms with van der Waals surface area (Å²) in [6.07, 6.45) is 7.19. The summed E-state index contributed by atoms with van der Waals surface area (Å²) in [5.41, 5.74) is 3.30. The van der Waals surface area contributed by atoms with E-state index in [9.17, 15) is 0 Å². The highest BCUT2D eigenvalue weighted by atomic mass is 32.2. The van der Waals surface area contributed by atoms with Crippen LogP contribution in [0.1, 0.15) is 54.4 Å². The lowest BCUT2D eigenvalue weighted by Gasteiger charge is -2.26. The maximum absolute atomic E-state index is 2.38. The number of rotatable bonds is 4. The van der Waals surface area contributed by atoms with E-state index in [2.05, 4.69) is 65.5 Å². The first-order chi connectivity index (χ1) is 7.79. The van der Waals surface area contributed by atoms with Gasteiger partial charge in [-0.2, -0.15) is 11.8 Å². The molecule has 1 heteroatoms. The highest BCUT2D eigenvalue weighted by Gasteiger charge is 2.19. The molecule has 1 unspecified atom stereocenters. The van der Waals surface area contributed by atoms with Crippen LogP contribution in [0.4, 0.5) is 0 Å². The molecule has 0 aromatic heterocycles. The van der Waals surface area contributed by atoms with Gasteiger partial charge in [0.05, 0.1) is 0 Å². The fourth-order valence-electron chi connectivity index (χ4n) is 2.15. The highest BCUT2D eigenvalue weighted by molar-refractivity contribution is 8.00. The Bertz CT molecular complexity index is 302. The van der Waals surface area contributed by atoms with Gasteiger partial charge in [-0.15, -0.1) is 0 Å². The van der Waals surface area contributed by atoms with Gasteiger partial charge in [0, 0.05) is 10.5 Å². The normalized spacial score (nSPS) is 21.5. The Balaban J connectivity index is 2.78. The van der Waals surface area contributed by atoms with Crippen LogP contribution in [0.2, 0.25) is 0 Å². The molecule has 0 amide bonds. The second-order valence-electron chi connectivity index (χ2n) is 6.59. The van der Waals surface area contributed by atoms with Crippen molar-refractivity contribution in [2.75, 3.05) is 5.75 Å². The summed E-state index contributed by atoms with van der Waals surface area (Å²) < 4.78 is 0.372.